The van der Waals surface area contributed by atoms with E-state index in [1.807, 2.05) is 44.2 Å². The number of fused-ring (bicyclic) bond motifs is 1. The maximum Gasteiger partial charge on any atom is 0.340 e. The number of pyridine rings is 1. The fourth-order valence-corrected chi connectivity index (χ4v) is 3.57. The number of rotatable bonds is 4. The Hall–Kier alpha value is -3.06. The highest BCUT2D eigenvalue weighted by atomic mass is 32.1. The Morgan fingerprint density at radius 2 is 2.04 bits per heavy atom. The van der Waals surface area contributed by atoms with Crippen molar-refractivity contribution in [2.75, 3.05) is 0 Å². The smallest absolute Gasteiger partial charge is 0.340 e. The van der Waals surface area contributed by atoms with Crippen molar-refractivity contribution >= 4 is 27.5 Å². The number of thiazole rings is 1. The Labute approximate surface area is 154 Å². The van der Waals surface area contributed by atoms with Gasteiger partial charge >= 0.3 is 5.97 Å². The lowest BCUT2D eigenvalue weighted by Crippen LogP contribution is -2.07. The van der Waals surface area contributed by atoms with Crippen molar-refractivity contribution in [1.82, 2.24) is 19.7 Å². The van der Waals surface area contributed by atoms with Crippen LogP contribution in [0.1, 0.15) is 26.8 Å². The van der Waals surface area contributed by atoms with Crippen LogP contribution in [0.15, 0.2) is 48.7 Å². The summed E-state index contributed by atoms with van der Waals surface area (Å²) in [6.07, 6.45) is 1.51. The minimum atomic E-state index is -0.420. The van der Waals surface area contributed by atoms with Gasteiger partial charge in [0.2, 0.25) is 0 Å². The molecule has 0 unspecified atom stereocenters. The lowest BCUT2D eigenvalue weighted by Gasteiger charge is -2.05. The Kier molecular flexibility index (Phi) is 4.22. The Balaban J connectivity index is 1.45. The van der Waals surface area contributed by atoms with Gasteiger partial charge in [0.15, 0.2) is 5.82 Å². The van der Waals surface area contributed by atoms with E-state index in [-0.39, 0.29) is 6.61 Å². The van der Waals surface area contributed by atoms with Crippen LogP contribution >= 0.6 is 11.3 Å². The summed E-state index contributed by atoms with van der Waals surface area (Å²) in [5, 5.41) is 5.15. The van der Waals surface area contributed by atoms with Gasteiger partial charge in [-0.25, -0.2) is 19.4 Å². The second-order valence-corrected chi connectivity index (χ2v) is 7.01. The Morgan fingerprint density at radius 1 is 1.19 bits per heavy atom. The average molecular weight is 364 g/mol. The van der Waals surface area contributed by atoms with Gasteiger partial charge in [-0.3, -0.25) is 0 Å². The molecule has 0 amide bonds. The summed E-state index contributed by atoms with van der Waals surface area (Å²) in [4.78, 5) is 21.0. The van der Waals surface area contributed by atoms with Crippen LogP contribution in [0.2, 0.25) is 0 Å². The highest BCUT2D eigenvalue weighted by Crippen LogP contribution is 2.22. The number of hydrogen-bond donors (Lipinski definition) is 0. The summed E-state index contributed by atoms with van der Waals surface area (Å²) < 4.78 is 8.18. The summed E-state index contributed by atoms with van der Waals surface area (Å²) in [5.41, 5.74) is 3.22. The third kappa shape index (κ3) is 3.21. The van der Waals surface area contributed by atoms with Crippen LogP contribution in [-0.2, 0) is 11.3 Å². The van der Waals surface area contributed by atoms with Gasteiger partial charge in [-0.1, -0.05) is 12.1 Å². The van der Waals surface area contributed by atoms with Gasteiger partial charge in [-0.15, -0.1) is 11.3 Å². The van der Waals surface area contributed by atoms with E-state index in [1.54, 1.807) is 16.8 Å². The number of ether oxygens (including phenoxy) is 1. The fraction of sp³-hybridized carbons (Fsp3) is 0.158. The largest absolute Gasteiger partial charge is 0.455 e. The first-order valence-corrected chi connectivity index (χ1v) is 8.93. The SMILES string of the molecule is Cc1cc(C)n(-c2ccc(C(=O)OCc3nc4ccccc4s3)cn2)n1. The molecule has 4 rings (SSSR count). The predicted octanol–water partition coefficient (Wildman–Crippen LogP) is 3.85. The zero-order valence-electron chi connectivity index (χ0n) is 14.3. The van der Waals surface area contributed by atoms with Gasteiger partial charge in [0, 0.05) is 11.9 Å². The van der Waals surface area contributed by atoms with E-state index < -0.39 is 5.97 Å². The summed E-state index contributed by atoms with van der Waals surface area (Å²) in [7, 11) is 0. The molecule has 0 aliphatic rings. The molecule has 0 N–H and O–H groups in total. The molecule has 3 aromatic heterocycles. The van der Waals surface area contributed by atoms with E-state index in [2.05, 4.69) is 15.1 Å². The van der Waals surface area contributed by atoms with Crippen LogP contribution in [0, 0.1) is 13.8 Å². The first kappa shape index (κ1) is 16.4. The van der Waals surface area contributed by atoms with Gasteiger partial charge in [-0.05, 0) is 44.2 Å². The van der Waals surface area contributed by atoms with Gasteiger partial charge < -0.3 is 4.74 Å². The quantitative estimate of drug-likeness (QED) is 0.515. The Bertz CT molecular complexity index is 1050. The Morgan fingerprint density at radius 3 is 2.73 bits per heavy atom. The third-order valence-electron chi connectivity index (χ3n) is 3.88. The van der Waals surface area contributed by atoms with E-state index >= 15 is 0 Å². The van der Waals surface area contributed by atoms with Gasteiger partial charge in [0.05, 0.1) is 21.5 Å². The molecule has 0 bridgehead atoms. The molecule has 0 saturated carbocycles. The second-order valence-electron chi connectivity index (χ2n) is 5.90. The normalized spacial score (nSPS) is 11.0. The van der Waals surface area contributed by atoms with Gasteiger partial charge in [0.25, 0.3) is 0 Å². The van der Waals surface area contributed by atoms with Gasteiger partial charge in [0.1, 0.15) is 11.6 Å². The van der Waals surface area contributed by atoms with E-state index in [9.17, 15) is 4.79 Å². The monoisotopic (exact) mass is 364 g/mol. The summed E-state index contributed by atoms with van der Waals surface area (Å²) in [6.45, 7) is 4.04. The van der Waals surface area contributed by atoms with Crippen LogP contribution in [0.3, 0.4) is 0 Å². The number of para-hydroxylation sites is 1. The van der Waals surface area contributed by atoms with Crippen molar-refractivity contribution in [3.8, 4) is 5.82 Å². The molecular formula is C19H16N4O2S. The number of benzene rings is 1. The van der Waals surface area contributed by atoms with E-state index in [0.717, 1.165) is 26.6 Å². The molecule has 0 aliphatic carbocycles. The number of esters is 1. The van der Waals surface area contributed by atoms with Crippen molar-refractivity contribution in [1.29, 1.82) is 0 Å². The zero-order chi connectivity index (χ0) is 18.1. The number of nitrogens with zero attached hydrogens (tertiary/aromatic N) is 4. The molecule has 7 heteroatoms. The maximum absolute atomic E-state index is 12.2. The van der Waals surface area contributed by atoms with E-state index in [0.29, 0.717) is 11.4 Å². The van der Waals surface area contributed by atoms with Crippen LogP contribution in [-0.4, -0.2) is 25.7 Å². The topological polar surface area (TPSA) is 69.9 Å². The molecule has 3 heterocycles. The zero-order valence-corrected chi connectivity index (χ0v) is 15.2. The highest BCUT2D eigenvalue weighted by molar-refractivity contribution is 7.18. The molecule has 130 valence electrons. The third-order valence-corrected chi connectivity index (χ3v) is 4.88. The van der Waals surface area contributed by atoms with Crippen LogP contribution in [0.25, 0.3) is 16.0 Å². The molecule has 0 aliphatic heterocycles. The molecule has 0 spiro atoms. The van der Waals surface area contributed by atoms with Crippen molar-refractivity contribution in [3.63, 3.8) is 0 Å². The molecular weight excluding hydrogens is 348 g/mol. The molecule has 0 fully saturated rings. The number of aromatic nitrogens is 4. The average Bonchev–Trinajstić information content (AvgIpc) is 3.22. The second kappa shape index (κ2) is 6.68. The minimum Gasteiger partial charge on any atom is -0.455 e. The van der Waals surface area contributed by atoms with Crippen LogP contribution < -0.4 is 0 Å². The summed E-state index contributed by atoms with van der Waals surface area (Å²) in [6, 6.07) is 13.3. The molecule has 0 radical (unpaired) electrons. The van der Waals surface area contributed by atoms with Crippen molar-refractivity contribution in [3.05, 3.63) is 70.6 Å². The lowest BCUT2D eigenvalue weighted by molar-refractivity contribution is 0.0472. The maximum atomic E-state index is 12.2. The van der Waals surface area contributed by atoms with Crippen LogP contribution in [0.4, 0.5) is 0 Å². The number of carbonyl (C=O) groups excluding carboxylic acids is 1. The van der Waals surface area contributed by atoms with E-state index in [1.165, 1.54) is 17.5 Å². The fourth-order valence-electron chi connectivity index (χ4n) is 2.69. The highest BCUT2D eigenvalue weighted by Gasteiger charge is 2.12. The van der Waals surface area contributed by atoms with E-state index in [4.69, 9.17) is 4.74 Å². The van der Waals surface area contributed by atoms with Crippen molar-refractivity contribution < 1.29 is 9.53 Å². The summed E-state index contributed by atoms with van der Waals surface area (Å²) in [5.74, 6) is 0.245. The first-order valence-electron chi connectivity index (χ1n) is 8.11. The standard InChI is InChI=1S/C19H16N4O2S/c1-12-9-13(2)23(22-12)17-8-7-14(10-20-17)19(24)25-11-18-21-15-5-3-4-6-16(15)26-18/h3-10H,11H2,1-2H3. The molecule has 4 aromatic rings. The number of hydrogen-bond acceptors (Lipinski definition) is 6. The van der Waals surface area contributed by atoms with Crippen molar-refractivity contribution in [2.24, 2.45) is 0 Å². The van der Waals surface area contributed by atoms with Gasteiger partial charge in [-0.2, -0.15) is 5.10 Å². The van der Waals surface area contributed by atoms with Crippen LogP contribution in [0.5, 0.6) is 0 Å². The first-order chi connectivity index (χ1) is 12.6. The minimum absolute atomic E-state index is 0.150. The molecule has 26 heavy (non-hydrogen) atoms. The molecule has 0 saturated heterocycles. The lowest BCUT2D eigenvalue weighted by atomic mass is 10.3. The molecule has 6 nitrogen and oxygen atoms in total. The molecule has 1 aromatic carbocycles. The summed E-state index contributed by atoms with van der Waals surface area (Å²) >= 11 is 1.52. The number of carbonyl (C=O) groups is 1. The molecule has 0 atom stereocenters. The van der Waals surface area contributed by atoms with Crippen molar-refractivity contribution in [2.45, 2.75) is 20.5 Å². The predicted molar refractivity (Wildman–Crippen MR) is 99.6 cm³/mol. The number of aryl methyl sites for hydroxylation is 2.